The van der Waals surface area contributed by atoms with Crippen LogP contribution < -0.4 is 10.6 Å². The first-order valence-corrected chi connectivity index (χ1v) is 6.84. The van der Waals surface area contributed by atoms with Crippen LogP contribution in [0.25, 0.3) is 0 Å². The first-order chi connectivity index (χ1) is 9.33. The van der Waals surface area contributed by atoms with Gasteiger partial charge in [-0.05, 0) is 45.7 Å². The van der Waals surface area contributed by atoms with E-state index in [9.17, 15) is 9.59 Å². The van der Waals surface area contributed by atoms with Crippen LogP contribution in [-0.2, 0) is 16.1 Å². The number of carbonyl (C=O) groups is 2. The fraction of sp³-hybridized carbons (Fsp3) is 0.533. The van der Waals surface area contributed by atoms with Crippen molar-refractivity contribution >= 4 is 11.8 Å². The van der Waals surface area contributed by atoms with Crippen LogP contribution in [0.15, 0.2) is 24.4 Å². The zero-order valence-corrected chi connectivity index (χ0v) is 12.2. The van der Waals surface area contributed by atoms with Crippen molar-refractivity contribution < 1.29 is 9.59 Å². The van der Waals surface area contributed by atoms with Crippen LogP contribution in [0.1, 0.15) is 39.3 Å². The molecule has 1 saturated carbocycles. The van der Waals surface area contributed by atoms with Gasteiger partial charge in [0, 0.05) is 11.7 Å². The second-order valence-corrected chi connectivity index (χ2v) is 6.29. The van der Waals surface area contributed by atoms with Crippen LogP contribution in [0.3, 0.4) is 0 Å². The Hall–Kier alpha value is -1.91. The number of rotatable bonds is 4. The molecule has 0 bridgehead atoms. The molecular weight excluding hydrogens is 254 g/mol. The third kappa shape index (κ3) is 3.35. The molecule has 1 heterocycles. The molecule has 2 N–H and O–H groups in total. The molecule has 5 heteroatoms. The third-order valence-corrected chi connectivity index (χ3v) is 3.26. The lowest BCUT2D eigenvalue weighted by Gasteiger charge is -2.24. The predicted molar refractivity (Wildman–Crippen MR) is 75.6 cm³/mol. The van der Waals surface area contributed by atoms with E-state index in [0.29, 0.717) is 19.4 Å². The zero-order chi connectivity index (χ0) is 14.8. The molecule has 1 aliphatic carbocycles. The molecule has 0 unspecified atom stereocenters. The first kappa shape index (κ1) is 14.5. The van der Waals surface area contributed by atoms with Gasteiger partial charge in [0.25, 0.3) is 0 Å². The van der Waals surface area contributed by atoms with E-state index in [4.69, 9.17) is 0 Å². The monoisotopic (exact) mass is 275 g/mol. The quantitative estimate of drug-likeness (QED) is 0.816. The van der Waals surface area contributed by atoms with Gasteiger partial charge in [0.1, 0.15) is 5.41 Å². The molecule has 0 atom stereocenters. The summed E-state index contributed by atoms with van der Waals surface area (Å²) in [6, 6.07) is 5.53. The number of amides is 2. The molecule has 0 saturated heterocycles. The number of hydrogen-bond donors (Lipinski definition) is 2. The molecule has 2 rings (SSSR count). The number of nitrogens with zero attached hydrogens (tertiary/aromatic N) is 1. The maximum Gasteiger partial charge on any atom is 0.236 e. The molecule has 1 aliphatic rings. The molecule has 0 aliphatic heterocycles. The van der Waals surface area contributed by atoms with Crippen molar-refractivity contribution in [2.24, 2.45) is 5.41 Å². The van der Waals surface area contributed by atoms with Gasteiger partial charge >= 0.3 is 0 Å². The highest BCUT2D eigenvalue weighted by molar-refractivity contribution is 6.08. The normalized spacial score (nSPS) is 16.4. The molecule has 1 aromatic heterocycles. The summed E-state index contributed by atoms with van der Waals surface area (Å²) in [5.74, 6) is -0.381. The zero-order valence-electron chi connectivity index (χ0n) is 12.2. The molecule has 2 amide bonds. The van der Waals surface area contributed by atoms with Crippen LogP contribution in [0, 0.1) is 5.41 Å². The van der Waals surface area contributed by atoms with Crippen molar-refractivity contribution in [1.82, 2.24) is 15.6 Å². The smallest absolute Gasteiger partial charge is 0.236 e. The molecule has 20 heavy (non-hydrogen) atoms. The fourth-order valence-corrected chi connectivity index (χ4v) is 1.99. The lowest BCUT2D eigenvalue weighted by Crippen LogP contribution is -2.49. The van der Waals surface area contributed by atoms with E-state index in [1.54, 1.807) is 6.20 Å². The molecule has 1 fully saturated rings. The van der Waals surface area contributed by atoms with E-state index in [2.05, 4.69) is 15.6 Å². The summed E-state index contributed by atoms with van der Waals surface area (Å²) in [5, 5.41) is 5.69. The van der Waals surface area contributed by atoms with E-state index in [0.717, 1.165) is 5.69 Å². The summed E-state index contributed by atoms with van der Waals surface area (Å²) in [4.78, 5) is 28.6. The Morgan fingerprint density at radius 3 is 2.45 bits per heavy atom. The minimum atomic E-state index is -0.873. The van der Waals surface area contributed by atoms with Gasteiger partial charge in [-0.3, -0.25) is 14.6 Å². The second-order valence-electron chi connectivity index (χ2n) is 6.29. The maximum atomic E-state index is 12.2. The van der Waals surface area contributed by atoms with Crippen molar-refractivity contribution in [2.45, 2.75) is 45.7 Å². The number of pyridine rings is 1. The summed E-state index contributed by atoms with van der Waals surface area (Å²) in [6.07, 6.45) is 2.91. The summed E-state index contributed by atoms with van der Waals surface area (Å²) in [7, 11) is 0. The van der Waals surface area contributed by atoms with E-state index in [1.807, 2.05) is 39.0 Å². The molecule has 0 radical (unpaired) electrons. The van der Waals surface area contributed by atoms with Crippen LogP contribution in [0.2, 0.25) is 0 Å². The Kier molecular flexibility index (Phi) is 3.79. The van der Waals surface area contributed by atoms with Gasteiger partial charge in [-0.2, -0.15) is 0 Å². The molecule has 108 valence electrons. The molecular formula is C15H21N3O2. The van der Waals surface area contributed by atoms with Crippen LogP contribution in [-0.4, -0.2) is 22.3 Å². The van der Waals surface area contributed by atoms with Gasteiger partial charge < -0.3 is 10.6 Å². The minimum absolute atomic E-state index is 0.177. The predicted octanol–water partition coefficient (Wildman–Crippen LogP) is 1.39. The largest absolute Gasteiger partial charge is 0.351 e. The SMILES string of the molecule is CC(C)(C)NC(=O)C1(C(=O)NCc2ccccn2)CC1. The van der Waals surface area contributed by atoms with Crippen molar-refractivity contribution in [1.29, 1.82) is 0 Å². The van der Waals surface area contributed by atoms with E-state index >= 15 is 0 Å². The third-order valence-electron chi connectivity index (χ3n) is 3.26. The second kappa shape index (κ2) is 5.23. The number of nitrogens with one attached hydrogen (secondary N) is 2. The van der Waals surface area contributed by atoms with Crippen LogP contribution in [0.4, 0.5) is 0 Å². The summed E-state index contributed by atoms with van der Waals surface area (Å²) < 4.78 is 0. The lowest BCUT2D eigenvalue weighted by atomic mass is 10.0. The van der Waals surface area contributed by atoms with Crippen molar-refractivity contribution in [3.63, 3.8) is 0 Å². The molecule has 0 aromatic carbocycles. The highest BCUT2D eigenvalue weighted by atomic mass is 16.2. The number of hydrogen-bond acceptors (Lipinski definition) is 3. The van der Waals surface area contributed by atoms with Gasteiger partial charge in [0.2, 0.25) is 11.8 Å². The van der Waals surface area contributed by atoms with E-state index < -0.39 is 5.41 Å². The average molecular weight is 275 g/mol. The average Bonchev–Trinajstić information content (AvgIpc) is 3.16. The maximum absolute atomic E-state index is 12.2. The highest BCUT2D eigenvalue weighted by Gasteiger charge is 2.56. The Bertz CT molecular complexity index is 502. The first-order valence-electron chi connectivity index (χ1n) is 6.84. The van der Waals surface area contributed by atoms with Gasteiger partial charge in [-0.25, -0.2) is 0 Å². The summed E-state index contributed by atoms with van der Waals surface area (Å²) >= 11 is 0. The topological polar surface area (TPSA) is 71.1 Å². The Morgan fingerprint density at radius 2 is 1.95 bits per heavy atom. The Labute approximate surface area is 119 Å². The number of carbonyl (C=O) groups excluding carboxylic acids is 2. The molecule has 0 spiro atoms. The lowest BCUT2D eigenvalue weighted by molar-refractivity contribution is -0.138. The molecule has 1 aromatic rings. The molecule has 5 nitrogen and oxygen atoms in total. The van der Waals surface area contributed by atoms with Crippen molar-refractivity contribution in [3.05, 3.63) is 30.1 Å². The van der Waals surface area contributed by atoms with E-state index in [1.165, 1.54) is 0 Å². The fourth-order valence-electron chi connectivity index (χ4n) is 1.99. The van der Waals surface area contributed by atoms with Gasteiger partial charge in [-0.15, -0.1) is 0 Å². The van der Waals surface area contributed by atoms with Crippen molar-refractivity contribution in [3.8, 4) is 0 Å². The van der Waals surface area contributed by atoms with Gasteiger partial charge in [0.05, 0.1) is 12.2 Å². The van der Waals surface area contributed by atoms with E-state index in [-0.39, 0.29) is 17.4 Å². The summed E-state index contributed by atoms with van der Waals surface area (Å²) in [6.45, 7) is 6.08. The summed E-state index contributed by atoms with van der Waals surface area (Å²) in [5.41, 5.74) is -0.413. The number of aromatic nitrogens is 1. The van der Waals surface area contributed by atoms with Crippen LogP contribution in [0.5, 0.6) is 0 Å². The standard InChI is InChI=1S/C15H21N3O2/c1-14(2,3)18-13(20)15(7-8-15)12(19)17-10-11-6-4-5-9-16-11/h4-6,9H,7-8,10H2,1-3H3,(H,17,19)(H,18,20). The highest BCUT2D eigenvalue weighted by Crippen LogP contribution is 2.46. The van der Waals surface area contributed by atoms with Crippen molar-refractivity contribution in [2.75, 3.05) is 0 Å². The Balaban J connectivity index is 1.93. The van der Waals surface area contributed by atoms with Gasteiger partial charge in [-0.1, -0.05) is 6.07 Å². The Morgan fingerprint density at radius 1 is 1.25 bits per heavy atom. The van der Waals surface area contributed by atoms with Gasteiger partial charge in [0.15, 0.2) is 0 Å². The minimum Gasteiger partial charge on any atom is -0.351 e. The van der Waals surface area contributed by atoms with Crippen LogP contribution >= 0.6 is 0 Å².